The van der Waals surface area contributed by atoms with Crippen molar-refractivity contribution in [1.82, 2.24) is 19.1 Å². The fourth-order valence-electron chi connectivity index (χ4n) is 11.5. The van der Waals surface area contributed by atoms with Gasteiger partial charge >= 0.3 is 22.4 Å². The van der Waals surface area contributed by atoms with Gasteiger partial charge < -0.3 is 47.2 Å². The van der Waals surface area contributed by atoms with Gasteiger partial charge in [0.2, 0.25) is 0 Å². The quantitative estimate of drug-likeness (QED) is 0.0733. The predicted molar refractivity (Wildman–Crippen MR) is 284 cm³/mol. The fourth-order valence-corrected chi connectivity index (χ4v) is 11.8. The number of aryl methyl sites for hydroxylation is 2. The van der Waals surface area contributed by atoms with Gasteiger partial charge in [-0.3, -0.25) is 9.59 Å². The van der Waals surface area contributed by atoms with E-state index < -0.39 is 33.6 Å². The van der Waals surface area contributed by atoms with Gasteiger partial charge in [-0.2, -0.15) is 8.42 Å². The molecular formula is C59H51FN4O14S. The molecule has 0 saturated heterocycles. The Morgan fingerprint density at radius 1 is 0.582 bits per heavy atom. The molecule has 0 spiro atoms. The molecule has 404 valence electrons. The number of rotatable bonds is 15. The second kappa shape index (κ2) is 19.2. The molecule has 2 N–H and O–H groups in total. The highest BCUT2D eigenvalue weighted by molar-refractivity contribution is 7.81. The Hall–Kier alpha value is -8.46. The molecule has 0 saturated carbocycles. The summed E-state index contributed by atoms with van der Waals surface area (Å²) in [6, 6.07) is 25.9. The van der Waals surface area contributed by atoms with Gasteiger partial charge in [-0.05, 0) is 121 Å². The molecule has 0 fully saturated rings. The van der Waals surface area contributed by atoms with Crippen LogP contribution < -0.4 is 29.5 Å². The van der Waals surface area contributed by atoms with Crippen LogP contribution in [0, 0.1) is 0 Å². The van der Waals surface area contributed by atoms with E-state index >= 15 is 0 Å². The van der Waals surface area contributed by atoms with Crippen LogP contribution in [0.1, 0.15) is 102 Å². The summed E-state index contributed by atoms with van der Waals surface area (Å²) in [4.78, 5) is 63.4. The van der Waals surface area contributed by atoms with Crippen LogP contribution in [0.5, 0.6) is 23.0 Å². The number of aliphatic hydroxyl groups is 2. The average molecular weight is 1090 g/mol. The highest BCUT2D eigenvalue weighted by Gasteiger charge is 2.47. The number of hydrogen-bond acceptors (Lipinski definition) is 16. The number of ether oxygens (including phenoxy) is 5. The van der Waals surface area contributed by atoms with E-state index in [-0.39, 0.29) is 98.1 Å². The summed E-state index contributed by atoms with van der Waals surface area (Å²) in [5, 5.41) is 24.4. The van der Waals surface area contributed by atoms with Crippen molar-refractivity contribution >= 4 is 44.2 Å². The van der Waals surface area contributed by atoms with E-state index in [0.717, 1.165) is 38.6 Å². The first-order valence-electron chi connectivity index (χ1n) is 25.9. The van der Waals surface area contributed by atoms with Crippen LogP contribution >= 0.6 is 0 Å². The van der Waals surface area contributed by atoms with E-state index in [4.69, 9.17) is 33.7 Å². The van der Waals surface area contributed by atoms with Crippen LogP contribution in [0.3, 0.4) is 0 Å². The second-order valence-electron chi connectivity index (χ2n) is 20.0. The molecule has 4 aromatic heterocycles. The predicted octanol–water partition coefficient (Wildman–Crippen LogP) is 7.93. The molecular weight excluding hydrogens is 1040 g/mol. The van der Waals surface area contributed by atoms with Crippen LogP contribution in [-0.4, -0.2) is 49.7 Å². The zero-order chi connectivity index (χ0) is 55.3. The van der Waals surface area contributed by atoms with Crippen LogP contribution in [-0.2, 0) is 99.7 Å². The maximum absolute atomic E-state index is 13.9. The minimum Gasteiger partial charge on any atom is -0.489 e. The van der Waals surface area contributed by atoms with Crippen molar-refractivity contribution in [3.63, 3.8) is 0 Å². The molecule has 4 aliphatic heterocycles. The van der Waals surface area contributed by atoms with Crippen LogP contribution in [0.4, 0.5) is 3.89 Å². The SMILES string of the molecule is CCc1c2c(nc3ccc(OCc4ccc(OCc5ccc(OS(=O)(=O)F)cc5)c(COc5ccc6nc7c(c(CC)c6c5)Cn5c-7cc6c(c5=O)COC(=O)[C@]6(O)CC)c4)cc13)-c1cc3c(c(=O)n1C2)COC(=O)[C@]3(O)CC. The topological polar surface area (TPSA) is 234 Å². The highest BCUT2D eigenvalue weighted by Crippen LogP contribution is 2.43. The van der Waals surface area contributed by atoms with Gasteiger partial charge in [0.25, 0.3) is 11.1 Å². The van der Waals surface area contributed by atoms with Crippen LogP contribution in [0.15, 0.2) is 101 Å². The molecule has 12 rings (SSSR count). The van der Waals surface area contributed by atoms with Crippen molar-refractivity contribution in [2.24, 2.45) is 0 Å². The first-order chi connectivity index (χ1) is 37.9. The molecule has 0 amide bonds. The number of nitrogens with zero attached hydrogens (tertiary/aromatic N) is 4. The molecule has 4 aliphatic rings. The number of esters is 2. The summed E-state index contributed by atoms with van der Waals surface area (Å²) in [6.45, 7) is 7.70. The molecule has 2 atom stereocenters. The lowest BCUT2D eigenvalue weighted by atomic mass is 9.86. The first kappa shape index (κ1) is 51.3. The minimum absolute atomic E-state index is 0.0322. The molecule has 8 aromatic rings. The van der Waals surface area contributed by atoms with Crippen LogP contribution in [0.2, 0.25) is 0 Å². The number of halogens is 1. The largest absolute Gasteiger partial charge is 0.489 e. The normalized spacial score (nSPS) is 17.8. The van der Waals surface area contributed by atoms with Gasteiger partial charge in [0.1, 0.15) is 56.0 Å². The van der Waals surface area contributed by atoms with Crippen molar-refractivity contribution in [3.8, 4) is 45.8 Å². The average Bonchev–Trinajstić information content (AvgIpc) is 4.03. The molecule has 20 heteroatoms. The molecule has 79 heavy (non-hydrogen) atoms. The summed E-state index contributed by atoms with van der Waals surface area (Å²) in [6.07, 6.45) is 1.29. The molecule has 0 unspecified atom stereocenters. The van der Waals surface area contributed by atoms with Gasteiger partial charge in [0.05, 0.1) is 58.0 Å². The molecule has 18 nitrogen and oxygen atoms in total. The Morgan fingerprint density at radius 3 is 1.53 bits per heavy atom. The number of carbonyl (C=O) groups excluding carboxylic acids is 2. The number of benzene rings is 4. The number of carbonyl (C=O) groups is 2. The Kier molecular flexibility index (Phi) is 12.5. The Morgan fingerprint density at radius 2 is 1.05 bits per heavy atom. The summed E-state index contributed by atoms with van der Waals surface area (Å²) >= 11 is 0. The fraction of sp³-hybridized carbons (Fsp3) is 0.288. The summed E-state index contributed by atoms with van der Waals surface area (Å²) in [5.74, 6) is -0.178. The number of fused-ring (bicyclic) bond motifs is 10. The minimum atomic E-state index is -5.20. The van der Waals surface area contributed by atoms with E-state index in [9.17, 15) is 41.7 Å². The van der Waals surface area contributed by atoms with E-state index in [1.54, 1.807) is 59.4 Å². The van der Waals surface area contributed by atoms with Gasteiger partial charge in [-0.25, -0.2) is 19.6 Å². The molecule has 0 radical (unpaired) electrons. The third-order valence-electron chi connectivity index (χ3n) is 15.7. The van der Waals surface area contributed by atoms with E-state index in [0.29, 0.717) is 75.0 Å². The highest BCUT2D eigenvalue weighted by atomic mass is 32.3. The lowest BCUT2D eigenvalue weighted by Gasteiger charge is -2.31. The zero-order valence-electron chi connectivity index (χ0n) is 43.3. The number of pyridine rings is 4. The monoisotopic (exact) mass is 1090 g/mol. The third kappa shape index (κ3) is 8.56. The molecule has 8 heterocycles. The number of cyclic esters (lactones) is 2. The maximum atomic E-state index is 13.9. The summed E-state index contributed by atoms with van der Waals surface area (Å²) < 4.78 is 72.7. The van der Waals surface area contributed by atoms with E-state index in [1.807, 2.05) is 56.3 Å². The number of hydrogen-bond donors (Lipinski definition) is 2. The van der Waals surface area contributed by atoms with Crippen molar-refractivity contribution in [2.75, 3.05) is 0 Å². The van der Waals surface area contributed by atoms with Crippen molar-refractivity contribution < 1.29 is 60.0 Å². The standard InChI is InChI=1S/C59H51FN4O14S/c1-5-37-39-20-35(14-16-47(39)61-52-41(37)24-63-49(52)22-45-43(54(63)65)29-76-56(67)58(45,69)7-3)73-27-32-11-18-51(75-26-31-9-12-34(13-10-31)78-79(60,71)72)33(19-32)28-74-36-15-17-48-40(21-36)38(6-2)42-25-64-50(53(42)62-48)23-46-44(55(64)66)30-77-57(68)59(46,70)8-4/h9-23,69-70H,5-8,24-30H2,1-4H3/t58-,59-/m0/s1. The Labute approximate surface area is 451 Å². The van der Waals surface area contributed by atoms with Gasteiger partial charge in [0, 0.05) is 38.6 Å². The summed E-state index contributed by atoms with van der Waals surface area (Å²) in [7, 11) is -5.20. The Bertz CT molecular complexity index is 4180. The van der Waals surface area contributed by atoms with Crippen molar-refractivity contribution in [3.05, 3.63) is 173 Å². The van der Waals surface area contributed by atoms with Gasteiger partial charge in [-0.1, -0.05) is 49.8 Å². The van der Waals surface area contributed by atoms with E-state index in [2.05, 4.69) is 4.18 Å². The lowest BCUT2D eigenvalue weighted by molar-refractivity contribution is -0.172. The molecule has 4 aromatic carbocycles. The molecule has 0 aliphatic carbocycles. The van der Waals surface area contributed by atoms with Gasteiger partial charge in [-0.15, -0.1) is 0 Å². The van der Waals surface area contributed by atoms with Crippen molar-refractivity contribution in [1.29, 1.82) is 0 Å². The van der Waals surface area contributed by atoms with Crippen LogP contribution in [0.25, 0.3) is 44.6 Å². The molecule has 0 bridgehead atoms. The van der Waals surface area contributed by atoms with E-state index in [1.165, 1.54) is 12.1 Å². The third-order valence-corrected chi connectivity index (χ3v) is 16.1. The van der Waals surface area contributed by atoms with Gasteiger partial charge in [0.15, 0.2) is 11.2 Å². The number of aromatic nitrogens is 4. The Balaban J connectivity index is 0.828. The maximum Gasteiger partial charge on any atom is 0.488 e. The smallest absolute Gasteiger partial charge is 0.488 e. The first-order valence-corrected chi connectivity index (χ1v) is 27.2. The summed E-state index contributed by atoms with van der Waals surface area (Å²) in [5.41, 5.74) is 5.81. The lowest BCUT2D eigenvalue weighted by Crippen LogP contribution is -2.44. The zero-order valence-corrected chi connectivity index (χ0v) is 44.1. The second-order valence-corrected chi connectivity index (χ2v) is 21.0. The van der Waals surface area contributed by atoms with Crippen molar-refractivity contribution in [2.45, 2.75) is 111 Å².